The van der Waals surface area contributed by atoms with E-state index in [-0.39, 0.29) is 23.7 Å². The van der Waals surface area contributed by atoms with Crippen LogP contribution in [0.2, 0.25) is 0 Å². The Balaban J connectivity index is 1.63. The van der Waals surface area contributed by atoms with E-state index in [1.807, 2.05) is 0 Å². The third-order valence-corrected chi connectivity index (χ3v) is 6.79. The van der Waals surface area contributed by atoms with Crippen LogP contribution in [-0.4, -0.2) is 45.7 Å². The van der Waals surface area contributed by atoms with E-state index in [2.05, 4.69) is 33.8 Å². The molecule has 1 aliphatic heterocycles. The topological polar surface area (TPSA) is 96.7 Å². The lowest BCUT2D eigenvalue weighted by molar-refractivity contribution is 0.403. The molecular formula is C23H27FN4O4S. The van der Waals surface area contributed by atoms with Crippen LogP contribution in [0.15, 0.2) is 51.8 Å². The van der Waals surface area contributed by atoms with Gasteiger partial charge in [-0.15, -0.1) is 0 Å². The molecule has 1 fully saturated rings. The molecule has 10 heteroatoms. The fraction of sp³-hybridized carbons (Fsp3) is 0.348. The van der Waals surface area contributed by atoms with Crippen LogP contribution in [0.4, 0.5) is 16.0 Å². The number of hydrogen-bond acceptors (Lipinski definition) is 7. The van der Waals surface area contributed by atoms with Gasteiger partial charge in [0, 0.05) is 30.7 Å². The Morgan fingerprint density at radius 2 is 1.88 bits per heavy atom. The van der Waals surface area contributed by atoms with E-state index in [0.717, 1.165) is 19.2 Å². The van der Waals surface area contributed by atoms with Crippen molar-refractivity contribution in [3.8, 4) is 17.1 Å². The van der Waals surface area contributed by atoms with Gasteiger partial charge in [-0.2, -0.15) is 0 Å². The number of halogens is 1. The minimum absolute atomic E-state index is 0.000949. The van der Waals surface area contributed by atoms with Gasteiger partial charge in [0.05, 0.1) is 7.11 Å². The second kappa shape index (κ2) is 9.03. The molecule has 0 unspecified atom stereocenters. The third kappa shape index (κ3) is 4.96. The summed E-state index contributed by atoms with van der Waals surface area (Å²) < 4.78 is 54.1. The zero-order valence-corrected chi connectivity index (χ0v) is 19.7. The number of benzene rings is 1. The lowest BCUT2D eigenvalue weighted by Gasteiger charge is -2.37. The van der Waals surface area contributed by atoms with Crippen molar-refractivity contribution in [1.82, 2.24) is 10.3 Å². The maximum absolute atomic E-state index is 14.9. The number of furan rings is 1. The molecule has 4 rings (SSSR count). The van der Waals surface area contributed by atoms with E-state index in [4.69, 9.17) is 9.15 Å². The number of pyridine rings is 1. The van der Waals surface area contributed by atoms with E-state index in [1.165, 1.54) is 19.2 Å². The number of methoxy groups -OCH3 is 1. The van der Waals surface area contributed by atoms with Gasteiger partial charge < -0.3 is 19.4 Å². The number of nitrogens with zero attached hydrogens (tertiary/aromatic N) is 2. The minimum atomic E-state index is -4.27. The van der Waals surface area contributed by atoms with Crippen LogP contribution in [0.1, 0.15) is 19.6 Å². The second-order valence-electron chi connectivity index (χ2n) is 8.26. The number of rotatable bonds is 6. The molecule has 1 aromatic carbocycles. The maximum Gasteiger partial charge on any atom is 0.266 e. The Hall–Kier alpha value is -3.11. The monoisotopic (exact) mass is 474 g/mol. The quantitative estimate of drug-likeness (QED) is 0.561. The van der Waals surface area contributed by atoms with Crippen molar-refractivity contribution in [3.05, 3.63) is 54.0 Å². The van der Waals surface area contributed by atoms with Crippen molar-refractivity contribution in [2.75, 3.05) is 29.8 Å². The molecule has 1 aliphatic rings. The molecule has 0 saturated carbocycles. The molecule has 1 saturated heterocycles. The largest absolute Gasteiger partial charge is 0.493 e. The number of piperazine rings is 1. The summed E-state index contributed by atoms with van der Waals surface area (Å²) in [6.45, 7) is 7.37. The predicted octanol–water partition coefficient (Wildman–Crippen LogP) is 3.79. The Morgan fingerprint density at radius 3 is 2.48 bits per heavy atom. The summed E-state index contributed by atoms with van der Waals surface area (Å²) in [5.74, 6) is 1.08. The predicted molar refractivity (Wildman–Crippen MR) is 125 cm³/mol. The number of aryl methyl sites for hydroxylation is 1. The number of ether oxygens (including phenoxy) is 1. The fourth-order valence-corrected chi connectivity index (χ4v) is 5.08. The molecule has 8 nitrogen and oxygen atoms in total. The maximum atomic E-state index is 14.9. The van der Waals surface area contributed by atoms with E-state index in [0.29, 0.717) is 22.9 Å². The van der Waals surface area contributed by atoms with Gasteiger partial charge in [-0.3, -0.25) is 4.72 Å². The zero-order chi connectivity index (χ0) is 23.8. The van der Waals surface area contributed by atoms with Crippen molar-refractivity contribution >= 4 is 21.7 Å². The molecule has 0 bridgehead atoms. The van der Waals surface area contributed by atoms with Crippen LogP contribution < -0.4 is 19.7 Å². The first-order valence-corrected chi connectivity index (χ1v) is 12.1. The summed E-state index contributed by atoms with van der Waals surface area (Å²) in [6.07, 6.45) is 0. The highest BCUT2D eigenvalue weighted by Gasteiger charge is 2.25. The van der Waals surface area contributed by atoms with Crippen molar-refractivity contribution < 1.29 is 22.0 Å². The fourth-order valence-electron chi connectivity index (χ4n) is 4.01. The van der Waals surface area contributed by atoms with Crippen molar-refractivity contribution in [2.24, 2.45) is 0 Å². The Labute approximate surface area is 192 Å². The Kier molecular flexibility index (Phi) is 6.31. The van der Waals surface area contributed by atoms with E-state index < -0.39 is 20.7 Å². The molecule has 176 valence electrons. The van der Waals surface area contributed by atoms with Crippen molar-refractivity contribution in [1.29, 1.82) is 0 Å². The van der Waals surface area contributed by atoms with Crippen LogP contribution in [-0.2, 0) is 10.0 Å². The van der Waals surface area contributed by atoms with E-state index in [1.54, 1.807) is 31.2 Å². The summed E-state index contributed by atoms with van der Waals surface area (Å²) in [4.78, 5) is 6.07. The first-order valence-electron chi connectivity index (χ1n) is 10.6. The Morgan fingerprint density at radius 1 is 1.15 bits per heavy atom. The highest BCUT2D eigenvalue weighted by Crippen LogP contribution is 2.31. The van der Waals surface area contributed by atoms with Gasteiger partial charge in [-0.1, -0.05) is 0 Å². The van der Waals surface area contributed by atoms with Gasteiger partial charge in [0.25, 0.3) is 10.0 Å². The number of hydrogen-bond donors (Lipinski definition) is 2. The highest BCUT2D eigenvalue weighted by atomic mass is 32.2. The summed E-state index contributed by atoms with van der Waals surface area (Å²) >= 11 is 0. The molecule has 0 radical (unpaired) electrons. The number of sulfonamides is 1. The van der Waals surface area contributed by atoms with Crippen LogP contribution in [0.5, 0.6) is 5.75 Å². The number of aromatic nitrogens is 1. The van der Waals surface area contributed by atoms with Gasteiger partial charge in [0.1, 0.15) is 28.1 Å². The second-order valence-corrected chi connectivity index (χ2v) is 9.91. The van der Waals surface area contributed by atoms with Crippen LogP contribution in [0.25, 0.3) is 11.3 Å². The summed E-state index contributed by atoms with van der Waals surface area (Å²) in [5, 5.41) is 3.45. The third-order valence-electron chi connectivity index (χ3n) is 5.42. The lowest BCUT2D eigenvalue weighted by Crippen LogP contribution is -2.54. The molecule has 33 heavy (non-hydrogen) atoms. The Bertz CT molecular complexity index is 1250. The first-order chi connectivity index (χ1) is 15.7. The number of nitrogens with one attached hydrogen (secondary N) is 2. The molecule has 3 heterocycles. The van der Waals surface area contributed by atoms with Gasteiger partial charge in [-0.05, 0) is 63.2 Å². The van der Waals surface area contributed by atoms with Crippen molar-refractivity contribution in [3.63, 3.8) is 0 Å². The zero-order valence-electron chi connectivity index (χ0n) is 18.9. The van der Waals surface area contributed by atoms with Gasteiger partial charge >= 0.3 is 0 Å². The normalized spacial score (nSPS) is 18.9. The van der Waals surface area contributed by atoms with Gasteiger partial charge in [0.2, 0.25) is 0 Å². The average Bonchev–Trinajstić information content (AvgIpc) is 3.19. The van der Waals surface area contributed by atoms with Gasteiger partial charge in [0.15, 0.2) is 11.6 Å². The number of anilines is 2. The summed E-state index contributed by atoms with van der Waals surface area (Å²) in [7, 11) is -2.85. The summed E-state index contributed by atoms with van der Waals surface area (Å²) in [5.41, 5.74) is 0.444. The van der Waals surface area contributed by atoms with E-state index >= 15 is 0 Å². The molecule has 2 N–H and O–H groups in total. The molecule has 2 atom stereocenters. The highest BCUT2D eigenvalue weighted by molar-refractivity contribution is 7.92. The van der Waals surface area contributed by atoms with Gasteiger partial charge in [-0.25, -0.2) is 17.8 Å². The standard InChI is InChI=1S/C23H27FN4O4S/c1-14-12-28(13-15(2)25-14)22-10-8-20(31-4)23(26-22)27-33(29,30)21-9-6-17(11-18(21)24)19-7-5-16(3)32-19/h5-11,14-15,25H,12-13H2,1-4H3,(H,26,27)/t14-,15+. The molecular weight excluding hydrogens is 447 g/mol. The molecule has 3 aromatic rings. The SMILES string of the molecule is COc1ccc(N2C[C@@H](C)N[C@@H](C)C2)nc1NS(=O)(=O)c1ccc(-c2ccc(C)o2)cc1F. The van der Waals surface area contributed by atoms with Crippen LogP contribution >= 0.6 is 0 Å². The van der Waals surface area contributed by atoms with E-state index in [9.17, 15) is 12.8 Å². The lowest BCUT2D eigenvalue weighted by atomic mass is 10.1. The average molecular weight is 475 g/mol. The van der Waals surface area contributed by atoms with Crippen molar-refractivity contribution in [2.45, 2.75) is 37.8 Å². The van der Waals surface area contributed by atoms with Crippen LogP contribution in [0.3, 0.4) is 0 Å². The summed E-state index contributed by atoms with van der Waals surface area (Å²) in [6, 6.07) is 11.2. The minimum Gasteiger partial charge on any atom is -0.493 e. The molecule has 0 spiro atoms. The molecule has 2 aromatic heterocycles. The molecule has 0 amide bonds. The van der Waals surface area contributed by atoms with Crippen LogP contribution in [0, 0.1) is 12.7 Å². The smallest absolute Gasteiger partial charge is 0.266 e. The first kappa shape index (κ1) is 23.1. The molecule has 0 aliphatic carbocycles.